The third kappa shape index (κ3) is 5.18. The molecule has 0 aromatic heterocycles. The summed E-state index contributed by atoms with van der Waals surface area (Å²) in [5, 5.41) is 0. The number of rotatable bonds is 8. The zero-order chi connectivity index (χ0) is 21.6. The van der Waals surface area contributed by atoms with Gasteiger partial charge in [0.25, 0.3) is 5.91 Å². The summed E-state index contributed by atoms with van der Waals surface area (Å²) in [6.45, 7) is 7.27. The molecule has 6 heteroatoms. The molecule has 2 aromatic carbocycles. The number of carbonyl (C=O) groups excluding carboxylic acids is 1. The van der Waals surface area contributed by atoms with Crippen LogP contribution in [0.1, 0.15) is 42.1 Å². The van der Waals surface area contributed by atoms with E-state index in [4.69, 9.17) is 0 Å². The second-order valence-electron chi connectivity index (χ2n) is 7.76. The summed E-state index contributed by atoms with van der Waals surface area (Å²) in [5.74, 6) is -0.124. The molecule has 0 radical (unpaired) electrons. The fraction of sp³-hybridized carbons (Fsp3) is 0.375. The maximum Gasteiger partial charge on any atom is 0.254 e. The molecule has 30 heavy (non-hydrogen) atoms. The van der Waals surface area contributed by atoms with E-state index in [0.29, 0.717) is 25.2 Å². The van der Waals surface area contributed by atoms with Gasteiger partial charge in [0.1, 0.15) is 0 Å². The number of carbonyl (C=O) groups is 1. The number of benzene rings is 2. The summed E-state index contributed by atoms with van der Waals surface area (Å²) in [5.41, 5.74) is 1.65. The SMILES string of the molecule is C=CCN(CCc1ccccc1)C(=O)c1ccc(S(=O)(=O)N2CCCCC2C)cc1. The van der Waals surface area contributed by atoms with Gasteiger partial charge in [0, 0.05) is 31.2 Å². The van der Waals surface area contributed by atoms with Gasteiger partial charge in [-0.2, -0.15) is 4.31 Å². The molecular weight excluding hydrogens is 396 g/mol. The molecule has 1 saturated heterocycles. The predicted molar refractivity (Wildman–Crippen MR) is 120 cm³/mol. The van der Waals surface area contributed by atoms with Crippen LogP contribution < -0.4 is 0 Å². The normalized spacial score (nSPS) is 17.4. The Labute approximate surface area is 180 Å². The molecule has 0 bridgehead atoms. The smallest absolute Gasteiger partial charge is 0.254 e. The Bertz CT molecular complexity index is 956. The topological polar surface area (TPSA) is 57.7 Å². The zero-order valence-corrected chi connectivity index (χ0v) is 18.4. The maximum absolute atomic E-state index is 13.0. The van der Waals surface area contributed by atoms with Gasteiger partial charge in [-0.1, -0.05) is 42.8 Å². The van der Waals surface area contributed by atoms with E-state index in [-0.39, 0.29) is 16.8 Å². The van der Waals surface area contributed by atoms with Crippen LogP contribution >= 0.6 is 0 Å². The van der Waals surface area contributed by atoms with E-state index in [0.717, 1.165) is 31.2 Å². The van der Waals surface area contributed by atoms with Gasteiger partial charge < -0.3 is 4.90 Å². The quantitative estimate of drug-likeness (QED) is 0.597. The van der Waals surface area contributed by atoms with Crippen LogP contribution in [0.15, 0.2) is 72.1 Å². The van der Waals surface area contributed by atoms with Crippen molar-refractivity contribution in [2.45, 2.75) is 43.5 Å². The molecule has 160 valence electrons. The lowest BCUT2D eigenvalue weighted by Gasteiger charge is -2.32. The molecule has 1 atom stereocenters. The molecule has 1 aliphatic heterocycles. The average molecular weight is 427 g/mol. The summed E-state index contributed by atoms with van der Waals surface area (Å²) in [6.07, 6.45) is 5.29. The van der Waals surface area contributed by atoms with Crippen molar-refractivity contribution in [1.82, 2.24) is 9.21 Å². The average Bonchev–Trinajstić information content (AvgIpc) is 2.77. The number of nitrogens with zero attached hydrogens (tertiary/aromatic N) is 2. The minimum absolute atomic E-state index is 0.00567. The minimum atomic E-state index is -3.54. The largest absolute Gasteiger partial charge is 0.335 e. The van der Waals surface area contributed by atoms with E-state index in [1.165, 1.54) is 0 Å². The van der Waals surface area contributed by atoms with E-state index in [2.05, 4.69) is 6.58 Å². The van der Waals surface area contributed by atoms with E-state index < -0.39 is 10.0 Å². The number of piperidine rings is 1. The Balaban J connectivity index is 1.73. The maximum atomic E-state index is 13.0. The van der Waals surface area contributed by atoms with Crippen molar-refractivity contribution in [3.05, 3.63) is 78.4 Å². The van der Waals surface area contributed by atoms with E-state index >= 15 is 0 Å². The molecule has 0 N–H and O–H groups in total. The highest BCUT2D eigenvalue weighted by Gasteiger charge is 2.31. The summed E-state index contributed by atoms with van der Waals surface area (Å²) in [4.78, 5) is 15.0. The van der Waals surface area contributed by atoms with Crippen molar-refractivity contribution in [1.29, 1.82) is 0 Å². The molecule has 1 heterocycles. The predicted octanol–water partition coefficient (Wildman–Crippen LogP) is 4.12. The van der Waals surface area contributed by atoms with Gasteiger partial charge in [-0.15, -0.1) is 6.58 Å². The van der Waals surface area contributed by atoms with Crippen molar-refractivity contribution in [3.8, 4) is 0 Å². The molecule has 1 fully saturated rings. The molecular formula is C24H30N2O3S. The second kappa shape index (κ2) is 10.0. The van der Waals surface area contributed by atoms with Crippen LogP contribution in [0, 0.1) is 0 Å². The monoisotopic (exact) mass is 426 g/mol. The molecule has 0 spiro atoms. The highest BCUT2D eigenvalue weighted by molar-refractivity contribution is 7.89. The van der Waals surface area contributed by atoms with Gasteiger partial charge in [-0.3, -0.25) is 4.79 Å². The van der Waals surface area contributed by atoms with Crippen LogP contribution in [0.5, 0.6) is 0 Å². The van der Waals surface area contributed by atoms with E-state index in [9.17, 15) is 13.2 Å². The first-order chi connectivity index (χ1) is 14.4. The molecule has 2 aromatic rings. The lowest BCUT2D eigenvalue weighted by atomic mass is 10.1. The Kier molecular flexibility index (Phi) is 7.45. The Morgan fingerprint density at radius 1 is 1.13 bits per heavy atom. The van der Waals surface area contributed by atoms with Crippen LogP contribution in [0.2, 0.25) is 0 Å². The molecule has 3 rings (SSSR count). The number of hydrogen-bond donors (Lipinski definition) is 0. The Morgan fingerprint density at radius 2 is 1.83 bits per heavy atom. The highest BCUT2D eigenvalue weighted by Crippen LogP contribution is 2.25. The van der Waals surface area contributed by atoms with Gasteiger partial charge in [-0.25, -0.2) is 8.42 Å². The van der Waals surface area contributed by atoms with Crippen LogP contribution in [0.3, 0.4) is 0 Å². The summed E-state index contributed by atoms with van der Waals surface area (Å²) in [7, 11) is -3.54. The Morgan fingerprint density at radius 3 is 2.47 bits per heavy atom. The summed E-state index contributed by atoms with van der Waals surface area (Å²) < 4.78 is 27.6. The molecule has 1 unspecified atom stereocenters. The third-order valence-electron chi connectivity index (χ3n) is 5.60. The number of sulfonamides is 1. The fourth-order valence-electron chi connectivity index (χ4n) is 3.86. The summed E-state index contributed by atoms with van der Waals surface area (Å²) >= 11 is 0. The van der Waals surface area contributed by atoms with Gasteiger partial charge in [0.05, 0.1) is 4.90 Å². The van der Waals surface area contributed by atoms with Crippen LogP contribution in [0.25, 0.3) is 0 Å². The molecule has 5 nitrogen and oxygen atoms in total. The first-order valence-electron chi connectivity index (χ1n) is 10.5. The molecule has 0 saturated carbocycles. The van der Waals surface area contributed by atoms with Crippen LogP contribution in [-0.4, -0.2) is 49.2 Å². The highest BCUT2D eigenvalue weighted by atomic mass is 32.2. The van der Waals surface area contributed by atoms with Crippen molar-refractivity contribution >= 4 is 15.9 Å². The van der Waals surface area contributed by atoms with Crippen LogP contribution in [0.4, 0.5) is 0 Å². The standard InChI is InChI=1S/C24H30N2O3S/c1-3-17-25(19-16-21-10-5-4-6-11-21)24(27)22-12-14-23(15-13-22)30(28,29)26-18-8-7-9-20(26)2/h3-6,10-15,20H,1,7-9,16-19H2,2H3. The van der Waals surface area contributed by atoms with E-state index in [1.54, 1.807) is 39.5 Å². The molecule has 0 aliphatic carbocycles. The second-order valence-corrected chi connectivity index (χ2v) is 9.65. The summed E-state index contributed by atoms with van der Waals surface area (Å²) in [6, 6.07) is 16.3. The number of amides is 1. The van der Waals surface area contributed by atoms with Crippen molar-refractivity contribution in [2.75, 3.05) is 19.6 Å². The minimum Gasteiger partial charge on any atom is -0.335 e. The Hall–Kier alpha value is -2.44. The van der Waals surface area contributed by atoms with Gasteiger partial charge >= 0.3 is 0 Å². The first kappa shape index (κ1) is 22.2. The third-order valence-corrected chi connectivity index (χ3v) is 7.63. The van der Waals surface area contributed by atoms with Crippen molar-refractivity contribution in [3.63, 3.8) is 0 Å². The zero-order valence-electron chi connectivity index (χ0n) is 17.5. The molecule has 1 aliphatic rings. The van der Waals surface area contributed by atoms with Crippen LogP contribution in [-0.2, 0) is 16.4 Å². The van der Waals surface area contributed by atoms with Gasteiger partial charge in [-0.05, 0) is 56.0 Å². The van der Waals surface area contributed by atoms with Gasteiger partial charge in [0.2, 0.25) is 10.0 Å². The van der Waals surface area contributed by atoms with Crippen molar-refractivity contribution < 1.29 is 13.2 Å². The lowest BCUT2D eigenvalue weighted by Crippen LogP contribution is -2.41. The van der Waals surface area contributed by atoms with Gasteiger partial charge in [0.15, 0.2) is 0 Å². The lowest BCUT2D eigenvalue weighted by molar-refractivity contribution is 0.0775. The number of hydrogen-bond acceptors (Lipinski definition) is 3. The van der Waals surface area contributed by atoms with E-state index in [1.807, 2.05) is 37.3 Å². The molecule has 1 amide bonds. The fourth-order valence-corrected chi connectivity index (χ4v) is 5.56. The first-order valence-corrected chi connectivity index (χ1v) is 11.9. The van der Waals surface area contributed by atoms with Crippen molar-refractivity contribution in [2.24, 2.45) is 0 Å².